The van der Waals surface area contributed by atoms with E-state index >= 15 is 8.78 Å². The molecule has 2 aliphatic carbocycles. The molecule has 1 saturated carbocycles. The summed E-state index contributed by atoms with van der Waals surface area (Å²) in [5.41, 5.74) is -2.97. The Balaban J connectivity index is 1.28. The van der Waals surface area contributed by atoms with Crippen LogP contribution in [0.1, 0.15) is 60.4 Å². The Morgan fingerprint density at radius 1 is 1.07 bits per heavy atom. The third-order valence-electron chi connectivity index (χ3n) is 10.0. The maximum absolute atomic E-state index is 15.4. The highest BCUT2D eigenvalue weighted by Gasteiger charge is 2.68. The van der Waals surface area contributed by atoms with Gasteiger partial charge in [0.2, 0.25) is 15.9 Å². The van der Waals surface area contributed by atoms with Gasteiger partial charge in [-0.05, 0) is 62.4 Å². The molecule has 2 aliphatic rings. The first-order chi connectivity index (χ1) is 27.5. The molecule has 59 heavy (non-hydrogen) atoms. The molecular weight excluding hydrogens is 832 g/mol. The van der Waals surface area contributed by atoms with Crippen molar-refractivity contribution in [1.29, 1.82) is 0 Å². The number of aryl methyl sites for hydroxylation is 1. The van der Waals surface area contributed by atoms with Crippen molar-refractivity contribution in [1.82, 2.24) is 34.8 Å². The summed E-state index contributed by atoms with van der Waals surface area (Å²) in [6, 6.07) is 7.86. The highest BCUT2D eigenvalue weighted by Crippen LogP contribution is 2.68. The predicted octanol–water partition coefficient (Wildman–Crippen LogP) is 6.60. The standard InChI is InChI=1S/C37H34F7N9O4S2/c1-35(2,55)15-45-34-48-33-25(58-34)13-21(19-6-5-7-20-29(19)52(3)50-32(20)51-59(4,56)57)28(47-33)24(10-16-8-17(38)11-18(39)9-16)46-26(54)14-53-31-27(30(49-53)37(42,43)44)22-12-23(22)36(31,40)41/h5-9,11,13,22-24,55H,10,12,14-15H2,1-4H3,(H,46,54)(H,50,51)(H,45,47,48)/t22-,23+,24-/m0/s1. The van der Waals surface area contributed by atoms with Gasteiger partial charge < -0.3 is 15.7 Å². The number of anilines is 2. The van der Waals surface area contributed by atoms with Crippen molar-refractivity contribution in [2.24, 2.45) is 13.0 Å². The average molecular weight is 866 g/mol. The Hall–Kier alpha value is -5.35. The SMILES string of the molecule is Cn1nc(NS(C)(=O)=O)c2cccc(-c3cc4sc(NCC(C)(C)O)nc4nc3[C@H](Cc3cc(F)cc(F)c3)NC(=O)Cn3nc(C(F)(F)F)c4c3C(F)(F)[C@@H]3C[C@H]43)c21. The van der Waals surface area contributed by atoms with E-state index in [9.17, 15) is 40.3 Å². The second-order valence-corrected chi connectivity index (χ2v) is 18.2. The second kappa shape index (κ2) is 13.9. The normalized spacial score (nSPS) is 17.9. The van der Waals surface area contributed by atoms with Gasteiger partial charge in [-0.15, -0.1) is 0 Å². The molecule has 8 rings (SSSR count). The molecular formula is C37H34F7N9O4S2. The second-order valence-electron chi connectivity index (χ2n) is 15.4. The number of hydrogen-bond acceptors (Lipinski definition) is 10. The van der Waals surface area contributed by atoms with E-state index in [1.54, 1.807) is 45.2 Å². The number of rotatable bonds is 12. The van der Waals surface area contributed by atoms with E-state index in [0.29, 0.717) is 42.6 Å². The topological polar surface area (TPSA) is 169 Å². The van der Waals surface area contributed by atoms with E-state index in [0.717, 1.165) is 29.7 Å². The summed E-state index contributed by atoms with van der Waals surface area (Å²) in [5.74, 6) is -9.04. The predicted molar refractivity (Wildman–Crippen MR) is 203 cm³/mol. The summed E-state index contributed by atoms with van der Waals surface area (Å²) in [6.45, 7) is 2.18. The number of carbonyl (C=O) groups is 1. The number of aromatic nitrogens is 6. The van der Waals surface area contributed by atoms with E-state index in [2.05, 4.69) is 30.5 Å². The number of pyridine rings is 1. The molecule has 4 N–H and O–H groups in total. The minimum absolute atomic E-state index is 0.00200. The van der Waals surface area contributed by atoms with Gasteiger partial charge in [-0.25, -0.2) is 27.2 Å². The lowest BCUT2D eigenvalue weighted by atomic mass is 9.94. The first kappa shape index (κ1) is 40.4. The molecule has 0 bridgehead atoms. The molecule has 1 amide bonds. The van der Waals surface area contributed by atoms with Crippen LogP contribution in [0.15, 0.2) is 42.5 Å². The van der Waals surface area contributed by atoms with Crippen LogP contribution in [-0.2, 0) is 46.9 Å². The number of aliphatic hydroxyl groups is 1. The number of fused-ring (bicyclic) bond motifs is 5. The first-order valence-electron chi connectivity index (χ1n) is 18.0. The quantitative estimate of drug-likeness (QED) is 0.0991. The van der Waals surface area contributed by atoms with Crippen LogP contribution >= 0.6 is 11.3 Å². The van der Waals surface area contributed by atoms with Gasteiger partial charge in [-0.3, -0.25) is 18.9 Å². The largest absolute Gasteiger partial charge is 0.435 e. The number of halogens is 7. The molecule has 13 nitrogen and oxygen atoms in total. The van der Waals surface area contributed by atoms with Crippen molar-refractivity contribution >= 4 is 59.5 Å². The number of nitrogens with one attached hydrogen (secondary N) is 3. The highest BCUT2D eigenvalue weighted by atomic mass is 32.2. The zero-order valence-electron chi connectivity index (χ0n) is 31.4. The number of amides is 1. The number of nitrogens with zero attached hydrogens (tertiary/aromatic N) is 6. The highest BCUT2D eigenvalue weighted by molar-refractivity contribution is 7.92. The van der Waals surface area contributed by atoms with Crippen molar-refractivity contribution in [2.75, 3.05) is 22.8 Å². The third-order valence-corrected chi connectivity index (χ3v) is 11.6. The summed E-state index contributed by atoms with van der Waals surface area (Å²) in [4.78, 5) is 23.3. The van der Waals surface area contributed by atoms with E-state index in [4.69, 9.17) is 4.98 Å². The van der Waals surface area contributed by atoms with Gasteiger partial charge in [0.1, 0.15) is 23.9 Å². The molecule has 0 saturated heterocycles. The van der Waals surface area contributed by atoms with Gasteiger partial charge in [-0.2, -0.15) is 32.1 Å². The molecule has 0 radical (unpaired) electrons. The smallest absolute Gasteiger partial charge is 0.389 e. The van der Waals surface area contributed by atoms with Crippen molar-refractivity contribution < 1.29 is 49.1 Å². The van der Waals surface area contributed by atoms with E-state index < -0.39 is 86.6 Å². The van der Waals surface area contributed by atoms with Crippen LogP contribution < -0.4 is 15.4 Å². The zero-order valence-corrected chi connectivity index (χ0v) is 33.1. The van der Waals surface area contributed by atoms with Crippen LogP contribution in [0.25, 0.3) is 32.4 Å². The van der Waals surface area contributed by atoms with Gasteiger partial charge in [0.05, 0.1) is 33.8 Å². The summed E-state index contributed by atoms with van der Waals surface area (Å²) < 4.78 is 131. The number of alkyl halides is 5. The molecule has 22 heteroatoms. The minimum Gasteiger partial charge on any atom is -0.389 e. The van der Waals surface area contributed by atoms with Gasteiger partial charge >= 0.3 is 6.18 Å². The lowest BCUT2D eigenvalue weighted by Gasteiger charge is -2.23. The van der Waals surface area contributed by atoms with Gasteiger partial charge in [0.15, 0.2) is 22.3 Å². The Kier molecular flexibility index (Phi) is 9.50. The van der Waals surface area contributed by atoms with Crippen LogP contribution in [0, 0.1) is 17.6 Å². The maximum atomic E-state index is 15.4. The Bertz CT molecular complexity index is 2780. The van der Waals surface area contributed by atoms with Crippen molar-refractivity contribution in [3.8, 4) is 11.1 Å². The number of sulfonamides is 1. The molecule has 0 unspecified atom stereocenters. The number of carbonyl (C=O) groups excluding carboxylic acids is 1. The molecule has 4 aromatic heterocycles. The molecule has 4 heterocycles. The van der Waals surface area contributed by atoms with Crippen molar-refractivity contribution in [3.63, 3.8) is 0 Å². The summed E-state index contributed by atoms with van der Waals surface area (Å²) in [6.07, 6.45) is -4.64. The minimum atomic E-state index is -5.07. The van der Waals surface area contributed by atoms with Crippen LogP contribution in [0.3, 0.4) is 0 Å². The monoisotopic (exact) mass is 865 g/mol. The van der Waals surface area contributed by atoms with E-state index in [1.165, 1.54) is 4.68 Å². The number of thiazole rings is 1. The molecule has 0 spiro atoms. The Labute approximate surface area is 334 Å². The summed E-state index contributed by atoms with van der Waals surface area (Å²) in [7, 11) is -2.23. The van der Waals surface area contributed by atoms with Crippen LogP contribution in [0.5, 0.6) is 0 Å². The van der Waals surface area contributed by atoms with Crippen molar-refractivity contribution in [2.45, 2.75) is 62.9 Å². The molecule has 6 aromatic rings. The fourth-order valence-corrected chi connectivity index (χ4v) is 9.03. The number of hydrogen-bond donors (Lipinski definition) is 4. The fraction of sp³-hybridized carbons (Fsp3) is 0.378. The number of benzene rings is 2. The third kappa shape index (κ3) is 7.79. The van der Waals surface area contributed by atoms with Crippen molar-refractivity contribution in [3.05, 3.63) is 82.3 Å². The molecule has 312 valence electrons. The fourth-order valence-electron chi connectivity index (χ4n) is 7.68. The van der Waals surface area contributed by atoms with Gasteiger partial charge in [0.25, 0.3) is 5.92 Å². The lowest BCUT2D eigenvalue weighted by Crippen LogP contribution is -2.35. The van der Waals surface area contributed by atoms with E-state index in [1.807, 2.05) is 0 Å². The van der Waals surface area contributed by atoms with Crippen LogP contribution in [0.2, 0.25) is 0 Å². The van der Waals surface area contributed by atoms with Gasteiger partial charge in [0, 0.05) is 47.7 Å². The molecule has 2 aromatic carbocycles. The number of para-hydroxylation sites is 1. The average Bonchev–Trinajstić information content (AvgIpc) is 3.38. The summed E-state index contributed by atoms with van der Waals surface area (Å²) >= 11 is 1.16. The lowest BCUT2D eigenvalue weighted by molar-refractivity contribution is -0.142. The zero-order chi connectivity index (χ0) is 42.6. The summed E-state index contributed by atoms with van der Waals surface area (Å²) in [5, 5.41) is 24.5. The molecule has 3 atom stereocenters. The molecule has 1 fully saturated rings. The maximum Gasteiger partial charge on any atom is 0.435 e. The van der Waals surface area contributed by atoms with Crippen LogP contribution in [-0.4, -0.2) is 67.4 Å². The first-order valence-corrected chi connectivity index (χ1v) is 20.7. The van der Waals surface area contributed by atoms with E-state index in [-0.39, 0.29) is 42.1 Å². The van der Waals surface area contributed by atoms with Crippen LogP contribution in [0.4, 0.5) is 41.7 Å². The van der Waals surface area contributed by atoms with Gasteiger partial charge in [-0.1, -0.05) is 23.5 Å². The molecule has 0 aliphatic heterocycles. The Morgan fingerprint density at radius 3 is 2.44 bits per heavy atom. The Morgan fingerprint density at radius 2 is 1.78 bits per heavy atom.